The Morgan fingerprint density at radius 3 is 2.42 bits per heavy atom. The van der Waals surface area contributed by atoms with Gasteiger partial charge in [-0.25, -0.2) is 27.0 Å². The number of sulfonamides is 1. The number of alkyl halides is 2. The summed E-state index contributed by atoms with van der Waals surface area (Å²) in [4.78, 5) is 16.8. The molecule has 1 amide bonds. The van der Waals surface area contributed by atoms with Crippen LogP contribution in [0, 0.1) is 0 Å². The highest BCUT2D eigenvalue weighted by molar-refractivity contribution is 7.91. The average Bonchev–Trinajstić information content (AvgIpc) is 2.77. The molecule has 174 valence electrons. The number of hydrogen-bond donors (Lipinski definition) is 2. The standard InChI is InChI=1S/C21H31F2N3O4S/c1-20(22,23)12-7-16-5-6-18(24-15-16)17-8-13-26(14-9-17)31(29,30)21(19(27)25-28)10-3-2-4-11-21/h5-6,15,17,28H,2-4,7-14H2,1H3,(H,25,27). The molecule has 0 spiro atoms. The van der Waals surface area contributed by atoms with Crippen molar-refractivity contribution in [2.75, 3.05) is 13.1 Å². The molecular formula is C21H31F2N3O4S. The van der Waals surface area contributed by atoms with Gasteiger partial charge in [0.25, 0.3) is 5.91 Å². The molecule has 2 aliphatic rings. The second-order valence-corrected chi connectivity index (χ2v) is 11.1. The summed E-state index contributed by atoms with van der Waals surface area (Å²) in [7, 11) is -3.92. The lowest BCUT2D eigenvalue weighted by atomic mass is 9.88. The van der Waals surface area contributed by atoms with Crippen LogP contribution in [0.15, 0.2) is 18.3 Å². The fourth-order valence-electron chi connectivity index (χ4n) is 4.66. The zero-order valence-corrected chi connectivity index (χ0v) is 18.6. The molecule has 1 saturated heterocycles. The van der Waals surface area contributed by atoms with Crippen LogP contribution in [-0.2, 0) is 21.2 Å². The van der Waals surface area contributed by atoms with Gasteiger partial charge in [-0.15, -0.1) is 0 Å². The summed E-state index contributed by atoms with van der Waals surface area (Å²) in [6.45, 7) is 1.45. The lowest BCUT2D eigenvalue weighted by molar-refractivity contribution is -0.133. The molecule has 1 aliphatic heterocycles. The highest BCUT2D eigenvalue weighted by Crippen LogP contribution is 2.39. The summed E-state index contributed by atoms with van der Waals surface area (Å²) in [6.07, 6.45) is 5.32. The van der Waals surface area contributed by atoms with Gasteiger partial charge in [-0.2, -0.15) is 0 Å². The van der Waals surface area contributed by atoms with E-state index in [0.29, 0.717) is 25.7 Å². The van der Waals surface area contributed by atoms with E-state index >= 15 is 0 Å². The number of hydroxylamine groups is 1. The zero-order chi connectivity index (χ0) is 22.7. The smallest absolute Gasteiger partial charge is 0.266 e. The summed E-state index contributed by atoms with van der Waals surface area (Å²) in [5.41, 5.74) is 3.15. The van der Waals surface area contributed by atoms with Crippen molar-refractivity contribution in [1.29, 1.82) is 0 Å². The Balaban J connectivity index is 1.65. The van der Waals surface area contributed by atoms with Crippen molar-refractivity contribution in [2.24, 2.45) is 0 Å². The van der Waals surface area contributed by atoms with Crippen LogP contribution in [-0.4, -0.2) is 52.6 Å². The molecule has 3 rings (SSSR count). The molecule has 10 heteroatoms. The number of aryl methyl sites for hydroxylation is 1. The molecule has 0 radical (unpaired) electrons. The number of nitrogens with zero attached hydrogens (tertiary/aromatic N) is 2. The number of halogens is 2. The van der Waals surface area contributed by atoms with Crippen LogP contribution in [0.3, 0.4) is 0 Å². The molecule has 2 N–H and O–H groups in total. The number of aromatic nitrogens is 1. The second kappa shape index (κ2) is 9.46. The first-order chi connectivity index (χ1) is 14.6. The maximum atomic E-state index is 13.4. The number of carbonyl (C=O) groups is 1. The zero-order valence-electron chi connectivity index (χ0n) is 17.8. The van der Waals surface area contributed by atoms with Crippen LogP contribution in [0.4, 0.5) is 8.78 Å². The number of rotatable bonds is 7. The van der Waals surface area contributed by atoms with E-state index in [4.69, 9.17) is 0 Å². The highest BCUT2D eigenvalue weighted by Gasteiger charge is 2.54. The first-order valence-electron chi connectivity index (χ1n) is 10.9. The largest absolute Gasteiger partial charge is 0.289 e. The van der Waals surface area contributed by atoms with Gasteiger partial charge in [-0.05, 0) is 50.7 Å². The van der Waals surface area contributed by atoms with Crippen molar-refractivity contribution in [3.8, 4) is 0 Å². The maximum Gasteiger partial charge on any atom is 0.266 e. The van der Waals surface area contributed by atoms with Crippen molar-refractivity contribution in [3.63, 3.8) is 0 Å². The number of nitrogens with one attached hydrogen (secondary N) is 1. The Labute approximate surface area is 182 Å². The molecule has 0 atom stereocenters. The van der Waals surface area contributed by atoms with Crippen molar-refractivity contribution in [3.05, 3.63) is 29.6 Å². The summed E-state index contributed by atoms with van der Waals surface area (Å²) < 4.78 is 52.6. The predicted octanol–water partition coefficient (Wildman–Crippen LogP) is 3.39. The lowest BCUT2D eigenvalue weighted by Crippen LogP contribution is -2.58. The van der Waals surface area contributed by atoms with E-state index in [0.717, 1.165) is 24.6 Å². The number of amides is 1. The third kappa shape index (κ3) is 5.23. The fraction of sp³-hybridized carbons (Fsp3) is 0.714. The van der Waals surface area contributed by atoms with E-state index in [2.05, 4.69) is 4.98 Å². The van der Waals surface area contributed by atoms with Gasteiger partial charge in [0.1, 0.15) is 0 Å². The van der Waals surface area contributed by atoms with E-state index in [1.54, 1.807) is 17.7 Å². The van der Waals surface area contributed by atoms with Crippen molar-refractivity contribution < 1.29 is 27.2 Å². The Bertz CT molecular complexity index is 858. The summed E-state index contributed by atoms with van der Waals surface area (Å²) in [5, 5.41) is 9.18. The van der Waals surface area contributed by atoms with Crippen molar-refractivity contribution >= 4 is 15.9 Å². The number of carbonyl (C=O) groups excluding carboxylic acids is 1. The first-order valence-corrected chi connectivity index (χ1v) is 12.3. The molecule has 7 nitrogen and oxygen atoms in total. The second-order valence-electron chi connectivity index (χ2n) is 8.84. The average molecular weight is 460 g/mol. The maximum absolute atomic E-state index is 13.4. The van der Waals surface area contributed by atoms with Crippen LogP contribution < -0.4 is 5.48 Å². The molecule has 0 aromatic carbocycles. The molecule has 0 unspecified atom stereocenters. The summed E-state index contributed by atoms with van der Waals surface area (Å²) in [6, 6.07) is 3.64. The van der Waals surface area contributed by atoms with Gasteiger partial charge < -0.3 is 0 Å². The van der Waals surface area contributed by atoms with Crippen molar-refractivity contribution in [1.82, 2.24) is 14.8 Å². The van der Waals surface area contributed by atoms with Crippen LogP contribution in [0.5, 0.6) is 0 Å². The van der Waals surface area contributed by atoms with Crippen LogP contribution >= 0.6 is 0 Å². The van der Waals surface area contributed by atoms with Gasteiger partial charge in [-0.1, -0.05) is 25.3 Å². The summed E-state index contributed by atoms with van der Waals surface area (Å²) >= 11 is 0. The van der Waals surface area contributed by atoms with Crippen LogP contribution in [0.25, 0.3) is 0 Å². The fourth-order valence-corrected chi connectivity index (χ4v) is 6.93. The van der Waals surface area contributed by atoms with Gasteiger partial charge in [0, 0.05) is 37.3 Å². The van der Waals surface area contributed by atoms with Gasteiger partial charge in [0.2, 0.25) is 15.9 Å². The minimum absolute atomic E-state index is 0.0714. The van der Waals surface area contributed by atoms with Gasteiger partial charge in [0.05, 0.1) is 0 Å². The highest BCUT2D eigenvalue weighted by atomic mass is 32.2. The SMILES string of the molecule is CC(F)(F)CCc1ccc(C2CCN(S(=O)(=O)C3(C(=O)NO)CCCCC3)CC2)nc1. The Morgan fingerprint density at radius 1 is 1.26 bits per heavy atom. The minimum Gasteiger partial charge on any atom is -0.289 e. The molecular weight excluding hydrogens is 428 g/mol. The Morgan fingerprint density at radius 2 is 1.90 bits per heavy atom. The van der Waals surface area contributed by atoms with Crippen LogP contribution in [0.1, 0.15) is 75.5 Å². The molecule has 0 bridgehead atoms. The van der Waals surface area contributed by atoms with Gasteiger partial charge in [0.15, 0.2) is 4.75 Å². The van der Waals surface area contributed by atoms with E-state index in [-0.39, 0.29) is 44.7 Å². The molecule has 1 aromatic rings. The van der Waals surface area contributed by atoms with E-state index in [1.165, 1.54) is 4.31 Å². The third-order valence-corrected chi connectivity index (χ3v) is 9.21. The third-order valence-electron chi connectivity index (χ3n) is 6.58. The number of hydrogen-bond acceptors (Lipinski definition) is 5. The summed E-state index contributed by atoms with van der Waals surface area (Å²) in [5.74, 6) is -3.48. The van der Waals surface area contributed by atoms with E-state index in [1.807, 2.05) is 6.07 Å². The normalized spacial score (nSPS) is 21.0. The molecule has 2 fully saturated rings. The molecule has 1 saturated carbocycles. The van der Waals surface area contributed by atoms with Gasteiger partial charge in [-0.3, -0.25) is 15.0 Å². The van der Waals surface area contributed by atoms with Crippen molar-refractivity contribution in [2.45, 2.75) is 81.3 Å². The monoisotopic (exact) mass is 459 g/mol. The molecule has 2 heterocycles. The Kier molecular flexibility index (Phi) is 7.32. The minimum atomic E-state index is -3.92. The molecule has 1 aromatic heterocycles. The Hall–Kier alpha value is -1.65. The van der Waals surface area contributed by atoms with E-state index < -0.39 is 26.6 Å². The quantitative estimate of drug-likeness (QED) is 0.481. The number of pyridine rings is 1. The predicted molar refractivity (Wildman–Crippen MR) is 111 cm³/mol. The molecule has 1 aliphatic carbocycles. The first kappa shape index (κ1) is 24.0. The lowest BCUT2D eigenvalue weighted by Gasteiger charge is -2.40. The molecule has 31 heavy (non-hydrogen) atoms. The topological polar surface area (TPSA) is 99.6 Å². The van der Waals surface area contributed by atoms with E-state index in [9.17, 15) is 27.2 Å². The van der Waals surface area contributed by atoms with Crippen LogP contribution in [0.2, 0.25) is 0 Å². The van der Waals surface area contributed by atoms with Gasteiger partial charge >= 0.3 is 0 Å². The number of piperidine rings is 1.